The van der Waals surface area contributed by atoms with Crippen LogP contribution in [0.1, 0.15) is 39.0 Å². The van der Waals surface area contributed by atoms with E-state index < -0.39 is 5.97 Å². The van der Waals surface area contributed by atoms with Crippen molar-refractivity contribution in [2.45, 2.75) is 19.9 Å². The largest absolute Gasteiger partial charge is 0.461 e. The van der Waals surface area contributed by atoms with Gasteiger partial charge in [0, 0.05) is 56.6 Å². The third-order valence-electron chi connectivity index (χ3n) is 4.63. The number of ether oxygens (including phenoxy) is 1. The van der Waals surface area contributed by atoms with Crippen LogP contribution in [0.3, 0.4) is 0 Å². The van der Waals surface area contributed by atoms with Gasteiger partial charge in [0.15, 0.2) is 5.69 Å². The van der Waals surface area contributed by atoms with E-state index in [9.17, 15) is 9.59 Å². The molecule has 1 aliphatic heterocycles. The van der Waals surface area contributed by atoms with E-state index in [1.807, 2.05) is 50.3 Å². The number of carbonyl (C=O) groups excluding carboxylic acids is 2. The van der Waals surface area contributed by atoms with Crippen LogP contribution in [-0.4, -0.2) is 53.8 Å². The van der Waals surface area contributed by atoms with Crippen molar-refractivity contribution >= 4 is 17.6 Å². The lowest BCUT2D eigenvalue weighted by Gasteiger charge is -2.27. The van der Waals surface area contributed by atoms with E-state index in [4.69, 9.17) is 4.74 Å². The number of benzene rings is 1. The summed E-state index contributed by atoms with van der Waals surface area (Å²) in [5.74, 6) is -0.478. The molecule has 0 saturated heterocycles. The highest BCUT2D eigenvalue weighted by Crippen LogP contribution is 2.24. The van der Waals surface area contributed by atoms with E-state index >= 15 is 0 Å². The first-order valence-corrected chi connectivity index (χ1v) is 8.71. The van der Waals surface area contributed by atoms with Gasteiger partial charge in [-0.15, -0.1) is 0 Å². The van der Waals surface area contributed by atoms with Gasteiger partial charge in [0.25, 0.3) is 5.91 Å². The van der Waals surface area contributed by atoms with E-state index in [2.05, 4.69) is 5.10 Å². The van der Waals surface area contributed by atoms with Gasteiger partial charge in [-0.1, -0.05) is 0 Å². The van der Waals surface area contributed by atoms with Gasteiger partial charge in [0.2, 0.25) is 0 Å². The Morgan fingerprint density at radius 3 is 2.54 bits per heavy atom. The van der Waals surface area contributed by atoms with Crippen molar-refractivity contribution in [3.8, 4) is 0 Å². The summed E-state index contributed by atoms with van der Waals surface area (Å²) in [4.78, 5) is 28.8. The number of aryl methyl sites for hydroxylation is 1. The Bertz CT molecular complexity index is 824. The van der Waals surface area contributed by atoms with Crippen LogP contribution in [0.4, 0.5) is 5.69 Å². The summed E-state index contributed by atoms with van der Waals surface area (Å²) in [5.41, 5.74) is 3.76. The molecule has 1 amide bonds. The van der Waals surface area contributed by atoms with Crippen molar-refractivity contribution in [1.29, 1.82) is 0 Å². The Morgan fingerprint density at radius 2 is 1.92 bits per heavy atom. The molecule has 1 aliphatic rings. The molecular formula is C19H24N4O3. The van der Waals surface area contributed by atoms with Gasteiger partial charge in [-0.05, 0) is 31.2 Å². The molecule has 2 aromatic rings. The number of esters is 1. The molecule has 0 radical (unpaired) electrons. The van der Waals surface area contributed by atoms with Gasteiger partial charge in [-0.3, -0.25) is 9.48 Å². The third kappa shape index (κ3) is 3.29. The number of anilines is 1. The highest BCUT2D eigenvalue weighted by atomic mass is 16.5. The minimum absolute atomic E-state index is 0.0420. The van der Waals surface area contributed by atoms with Crippen LogP contribution in [0.2, 0.25) is 0 Å². The Labute approximate surface area is 153 Å². The quantitative estimate of drug-likeness (QED) is 0.782. The monoisotopic (exact) mass is 356 g/mol. The third-order valence-corrected chi connectivity index (χ3v) is 4.63. The van der Waals surface area contributed by atoms with Crippen molar-refractivity contribution in [2.75, 3.05) is 32.1 Å². The van der Waals surface area contributed by atoms with Gasteiger partial charge in [0.05, 0.1) is 13.2 Å². The fourth-order valence-electron chi connectivity index (χ4n) is 3.21. The average Bonchev–Trinajstić information content (AvgIpc) is 2.97. The maximum atomic E-state index is 12.9. The molecule has 7 nitrogen and oxygen atoms in total. The Morgan fingerprint density at radius 1 is 1.23 bits per heavy atom. The number of rotatable bonds is 4. The lowest BCUT2D eigenvalue weighted by Crippen LogP contribution is -2.36. The number of hydrogen-bond acceptors (Lipinski definition) is 5. The van der Waals surface area contributed by atoms with Gasteiger partial charge in [-0.25, -0.2) is 4.79 Å². The van der Waals surface area contributed by atoms with Gasteiger partial charge < -0.3 is 14.5 Å². The molecule has 3 rings (SSSR count). The van der Waals surface area contributed by atoms with Crippen LogP contribution in [0.25, 0.3) is 0 Å². The number of nitrogens with zero attached hydrogens (tertiary/aromatic N) is 4. The normalized spacial score (nSPS) is 13.3. The average molecular weight is 356 g/mol. The first-order valence-electron chi connectivity index (χ1n) is 8.71. The summed E-state index contributed by atoms with van der Waals surface area (Å²) >= 11 is 0. The molecule has 0 aliphatic carbocycles. The molecule has 138 valence electrons. The molecule has 0 unspecified atom stereocenters. The number of fused-ring (bicyclic) bond motifs is 1. The van der Waals surface area contributed by atoms with E-state index in [1.54, 1.807) is 16.5 Å². The van der Waals surface area contributed by atoms with E-state index in [1.165, 1.54) is 0 Å². The van der Waals surface area contributed by atoms with Crippen LogP contribution >= 0.6 is 0 Å². The lowest BCUT2D eigenvalue weighted by molar-refractivity contribution is 0.0513. The predicted octanol–water partition coefficient (Wildman–Crippen LogP) is 1.86. The molecule has 0 fully saturated rings. The second-order valence-corrected chi connectivity index (χ2v) is 6.54. The van der Waals surface area contributed by atoms with Crippen molar-refractivity contribution < 1.29 is 14.3 Å². The zero-order chi connectivity index (χ0) is 18.8. The van der Waals surface area contributed by atoms with Gasteiger partial charge in [-0.2, -0.15) is 5.10 Å². The second kappa shape index (κ2) is 7.19. The SMILES string of the molecule is CCOC(=O)c1nn(C)c2c1CN(C(=O)c1ccc(N(C)C)cc1)CC2. The Balaban J connectivity index is 1.83. The van der Waals surface area contributed by atoms with Crippen LogP contribution in [0.15, 0.2) is 24.3 Å². The summed E-state index contributed by atoms with van der Waals surface area (Å²) in [7, 11) is 5.74. The zero-order valence-electron chi connectivity index (χ0n) is 15.7. The predicted molar refractivity (Wildman–Crippen MR) is 98.4 cm³/mol. The summed E-state index contributed by atoms with van der Waals surface area (Å²) in [6.45, 7) is 3.03. The maximum Gasteiger partial charge on any atom is 0.359 e. The number of aromatic nitrogens is 2. The van der Waals surface area contributed by atoms with Gasteiger partial charge >= 0.3 is 5.97 Å². The van der Waals surface area contributed by atoms with E-state index in [-0.39, 0.29) is 5.91 Å². The van der Waals surface area contributed by atoms with Crippen molar-refractivity contribution in [3.63, 3.8) is 0 Å². The molecule has 0 bridgehead atoms. The summed E-state index contributed by atoms with van der Waals surface area (Å²) < 4.78 is 6.82. The molecule has 0 spiro atoms. The standard InChI is InChI=1S/C19H24N4O3/c1-5-26-19(25)17-15-12-23(11-10-16(15)22(4)20-17)18(24)13-6-8-14(9-7-13)21(2)3/h6-9H,5,10-12H2,1-4H3. The molecule has 7 heteroatoms. The highest BCUT2D eigenvalue weighted by molar-refractivity contribution is 5.95. The summed E-state index contributed by atoms with van der Waals surface area (Å²) in [5, 5.41) is 4.31. The fraction of sp³-hybridized carbons (Fsp3) is 0.421. The van der Waals surface area contributed by atoms with Crippen molar-refractivity contribution in [1.82, 2.24) is 14.7 Å². The Hall–Kier alpha value is -2.83. The number of amides is 1. The Kier molecular flexibility index (Phi) is 4.97. The topological polar surface area (TPSA) is 67.7 Å². The minimum atomic E-state index is -0.436. The smallest absolute Gasteiger partial charge is 0.359 e. The first kappa shape index (κ1) is 18.0. The van der Waals surface area contributed by atoms with Crippen LogP contribution < -0.4 is 4.90 Å². The molecule has 0 saturated carbocycles. The first-order chi connectivity index (χ1) is 12.4. The number of hydrogen-bond donors (Lipinski definition) is 0. The van der Waals surface area contributed by atoms with Crippen molar-refractivity contribution in [3.05, 3.63) is 46.8 Å². The second-order valence-electron chi connectivity index (χ2n) is 6.54. The number of carbonyl (C=O) groups is 2. The molecule has 1 aromatic heterocycles. The molecule has 0 atom stereocenters. The molecule has 26 heavy (non-hydrogen) atoms. The molecule has 1 aromatic carbocycles. The minimum Gasteiger partial charge on any atom is -0.461 e. The molecule has 0 N–H and O–H groups in total. The van der Waals surface area contributed by atoms with Crippen LogP contribution in [0, 0.1) is 0 Å². The van der Waals surface area contributed by atoms with Crippen molar-refractivity contribution in [2.24, 2.45) is 7.05 Å². The fourth-order valence-corrected chi connectivity index (χ4v) is 3.21. The maximum absolute atomic E-state index is 12.9. The van der Waals surface area contributed by atoms with Gasteiger partial charge in [0.1, 0.15) is 0 Å². The molecule has 2 heterocycles. The highest BCUT2D eigenvalue weighted by Gasteiger charge is 2.30. The van der Waals surface area contributed by atoms with Crippen LogP contribution in [0.5, 0.6) is 0 Å². The summed E-state index contributed by atoms with van der Waals surface area (Å²) in [6, 6.07) is 7.53. The summed E-state index contributed by atoms with van der Waals surface area (Å²) in [6.07, 6.45) is 0.666. The van der Waals surface area contributed by atoms with E-state index in [0.717, 1.165) is 16.9 Å². The lowest BCUT2D eigenvalue weighted by atomic mass is 10.0. The van der Waals surface area contributed by atoms with Crippen LogP contribution in [-0.2, 0) is 24.8 Å². The molecular weight excluding hydrogens is 332 g/mol. The zero-order valence-corrected chi connectivity index (χ0v) is 15.7. The van der Waals surface area contributed by atoms with E-state index in [0.29, 0.717) is 37.4 Å².